The molecular formula is C18H27N5O. The Hall–Kier alpha value is -1.95. The zero-order valence-corrected chi connectivity index (χ0v) is 15.0. The molecule has 0 bridgehead atoms. The van der Waals surface area contributed by atoms with Crippen LogP contribution in [0.1, 0.15) is 40.0 Å². The van der Waals surface area contributed by atoms with Gasteiger partial charge in [-0.3, -0.25) is 0 Å². The molecule has 2 aromatic rings. The molecule has 24 heavy (non-hydrogen) atoms. The van der Waals surface area contributed by atoms with Crippen LogP contribution in [-0.4, -0.2) is 45.5 Å². The summed E-state index contributed by atoms with van der Waals surface area (Å²) in [6.45, 7) is 7.37. The van der Waals surface area contributed by atoms with E-state index in [2.05, 4.69) is 42.8 Å². The molecule has 2 atom stereocenters. The van der Waals surface area contributed by atoms with Crippen LogP contribution in [-0.2, 0) is 4.74 Å². The van der Waals surface area contributed by atoms with Gasteiger partial charge < -0.3 is 9.64 Å². The van der Waals surface area contributed by atoms with Gasteiger partial charge in [-0.05, 0) is 32.3 Å². The zero-order chi connectivity index (χ0) is 17.2. The fourth-order valence-corrected chi connectivity index (χ4v) is 4.06. The summed E-state index contributed by atoms with van der Waals surface area (Å²) < 4.78 is 7.75. The first kappa shape index (κ1) is 16.9. The average Bonchev–Trinajstić information content (AvgIpc) is 3.14. The molecule has 1 saturated carbocycles. The quantitative estimate of drug-likeness (QED) is 0.781. The van der Waals surface area contributed by atoms with Crippen LogP contribution in [0.3, 0.4) is 0 Å². The van der Waals surface area contributed by atoms with Gasteiger partial charge in [0.15, 0.2) is 5.82 Å². The Kier molecular flexibility index (Phi) is 4.85. The number of nitrogens with zero attached hydrogens (tertiary/aromatic N) is 5. The first-order chi connectivity index (χ1) is 11.7. The maximum Gasteiger partial charge on any atom is 0.227 e. The molecule has 2 aromatic heterocycles. The monoisotopic (exact) mass is 329 g/mol. The van der Waals surface area contributed by atoms with Crippen LogP contribution >= 0.6 is 0 Å². The van der Waals surface area contributed by atoms with Crippen molar-refractivity contribution >= 4 is 5.95 Å². The first-order valence-electron chi connectivity index (χ1n) is 8.83. The summed E-state index contributed by atoms with van der Waals surface area (Å²) in [7, 11) is 2.09. The van der Waals surface area contributed by atoms with Gasteiger partial charge in [0.1, 0.15) is 0 Å². The van der Waals surface area contributed by atoms with Crippen molar-refractivity contribution in [3.63, 3.8) is 0 Å². The second kappa shape index (κ2) is 6.89. The summed E-state index contributed by atoms with van der Waals surface area (Å²) in [6, 6.07) is 4.17. The molecule has 6 heteroatoms. The van der Waals surface area contributed by atoms with Crippen LogP contribution in [0.2, 0.25) is 0 Å². The molecule has 0 spiro atoms. The van der Waals surface area contributed by atoms with Gasteiger partial charge in [-0.1, -0.05) is 13.8 Å². The SMILES string of the molecule is CCO[C@@H]1C[C@@H](N(C)c2nccc(-n3cccn3)n2)C1(CC)CC. The molecule has 1 aliphatic carbocycles. The minimum atomic E-state index is 0.176. The molecule has 0 aliphatic heterocycles. The first-order valence-corrected chi connectivity index (χ1v) is 8.83. The zero-order valence-electron chi connectivity index (χ0n) is 15.0. The molecule has 0 unspecified atom stereocenters. The highest BCUT2D eigenvalue weighted by Gasteiger charge is 2.55. The second-order valence-electron chi connectivity index (χ2n) is 6.41. The van der Waals surface area contributed by atoms with Gasteiger partial charge in [-0.15, -0.1) is 0 Å². The number of rotatable bonds is 7. The van der Waals surface area contributed by atoms with Crippen molar-refractivity contribution in [1.29, 1.82) is 0 Å². The molecule has 0 saturated heterocycles. The van der Waals surface area contributed by atoms with Crippen molar-refractivity contribution in [2.24, 2.45) is 5.41 Å². The van der Waals surface area contributed by atoms with Gasteiger partial charge in [0.05, 0.1) is 6.10 Å². The van der Waals surface area contributed by atoms with Crippen LogP contribution < -0.4 is 4.90 Å². The smallest absolute Gasteiger partial charge is 0.227 e. The number of hydrogen-bond donors (Lipinski definition) is 0. The predicted molar refractivity (Wildman–Crippen MR) is 94.4 cm³/mol. The molecule has 0 radical (unpaired) electrons. The summed E-state index contributed by atoms with van der Waals surface area (Å²) in [6.07, 6.45) is 9.01. The van der Waals surface area contributed by atoms with Gasteiger partial charge in [0.2, 0.25) is 5.95 Å². The summed E-state index contributed by atoms with van der Waals surface area (Å²) in [5.74, 6) is 1.53. The predicted octanol–water partition coefficient (Wildman–Crippen LogP) is 3.08. The van der Waals surface area contributed by atoms with Crippen LogP contribution in [0.4, 0.5) is 5.95 Å². The van der Waals surface area contributed by atoms with E-state index in [0.717, 1.165) is 37.6 Å². The summed E-state index contributed by atoms with van der Waals surface area (Å²) in [5, 5.41) is 4.25. The Labute approximate surface area is 143 Å². The minimum absolute atomic E-state index is 0.176. The Morgan fingerprint density at radius 2 is 2.08 bits per heavy atom. The van der Waals surface area contributed by atoms with Crippen molar-refractivity contribution in [2.75, 3.05) is 18.6 Å². The number of hydrogen-bond acceptors (Lipinski definition) is 5. The highest BCUT2D eigenvalue weighted by molar-refractivity contribution is 5.38. The molecule has 130 valence electrons. The van der Waals surface area contributed by atoms with Crippen molar-refractivity contribution in [2.45, 2.75) is 52.2 Å². The van der Waals surface area contributed by atoms with E-state index in [4.69, 9.17) is 9.72 Å². The minimum Gasteiger partial charge on any atom is -0.378 e. The molecule has 1 aliphatic rings. The highest BCUT2D eigenvalue weighted by Crippen LogP contribution is 2.51. The Balaban J connectivity index is 1.84. The lowest BCUT2D eigenvalue weighted by molar-refractivity contribution is -0.128. The molecule has 0 amide bonds. The Morgan fingerprint density at radius 3 is 2.71 bits per heavy atom. The van der Waals surface area contributed by atoms with Gasteiger partial charge in [0.25, 0.3) is 0 Å². The molecule has 0 aromatic carbocycles. The highest BCUT2D eigenvalue weighted by atomic mass is 16.5. The van der Waals surface area contributed by atoms with Crippen LogP contribution in [0.5, 0.6) is 0 Å². The van der Waals surface area contributed by atoms with Crippen molar-refractivity contribution < 1.29 is 4.74 Å². The summed E-state index contributed by atoms with van der Waals surface area (Å²) >= 11 is 0. The molecule has 2 heterocycles. The normalized spacial score (nSPS) is 22.2. The third-order valence-corrected chi connectivity index (χ3v) is 5.58. The van der Waals surface area contributed by atoms with Crippen LogP contribution in [0.15, 0.2) is 30.7 Å². The van der Waals surface area contributed by atoms with E-state index in [1.54, 1.807) is 17.1 Å². The van der Waals surface area contributed by atoms with Gasteiger partial charge in [0, 0.05) is 49.8 Å². The van der Waals surface area contributed by atoms with Crippen molar-refractivity contribution in [3.05, 3.63) is 30.7 Å². The van der Waals surface area contributed by atoms with E-state index in [9.17, 15) is 0 Å². The molecular weight excluding hydrogens is 302 g/mol. The van der Waals surface area contributed by atoms with Gasteiger partial charge >= 0.3 is 0 Å². The maximum atomic E-state index is 5.99. The summed E-state index contributed by atoms with van der Waals surface area (Å²) in [4.78, 5) is 11.4. The van der Waals surface area contributed by atoms with E-state index in [1.165, 1.54) is 0 Å². The maximum absolute atomic E-state index is 5.99. The second-order valence-corrected chi connectivity index (χ2v) is 6.41. The molecule has 6 nitrogen and oxygen atoms in total. The van der Waals surface area contributed by atoms with E-state index in [0.29, 0.717) is 12.1 Å². The number of ether oxygens (including phenoxy) is 1. The number of aromatic nitrogens is 4. The number of anilines is 1. The van der Waals surface area contributed by atoms with Crippen molar-refractivity contribution in [3.8, 4) is 5.82 Å². The third-order valence-electron chi connectivity index (χ3n) is 5.58. The summed E-state index contributed by atoms with van der Waals surface area (Å²) in [5.41, 5.74) is 0.176. The molecule has 3 rings (SSSR count). The average molecular weight is 329 g/mol. The van der Waals surface area contributed by atoms with Crippen LogP contribution in [0.25, 0.3) is 5.82 Å². The standard InChI is InChI=1S/C18H27N5O/c1-5-18(6-2)14(13-15(18)24-7-3)22(4)17-19-11-9-16(21-17)23-12-8-10-20-23/h8-12,14-15H,5-7,13H2,1-4H3/t14-,15-/m1/s1. The lowest BCUT2D eigenvalue weighted by atomic mass is 9.58. The lowest BCUT2D eigenvalue weighted by Crippen LogP contribution is -2.64. The largest absolute Gasteiger partial charge is 0.378 e. The van der Waals surface area contributed by atoms with E-state index in [1.807, 2.05) is 18.3 Å². The fourth-order valence-electron chi connectivity index (χ4n) is 4.06. The van der Waals surface area contributed by atoms with E-state index >= 15 is 0 Å². The van der Waals surface area contributed by atoms with Crippen molar-refractivity contribution in [1.82, 2.24) is 19.7 Å². The fraction of sp³-hybridized carbons (Fsp3) is 0.611. The molecule has 1 fully saturated rings. The van der Waals surface area contributed by atoms with Gasteiger partial charge in [-0.2, -0.15) is 10.1 Å². The third kappa shape index (κ3) is 2.69. The Bertz CT molecular complexity index is 653. The van der Waals surface area contributed by atoms with E-state index in [-0.39, 0.29) is 5.41 Å². The van der Waals surface area contributed by atoms with E-state index < -0.39 is 0 Å². The topological polar surface area (TPSA) is 56.1 Å². The Morgan fingerprint density at radius 1 is 1.29 bits per heavy atom. The molecule has 0 N–H and O–H groups in total. The van der Waals surface area contributed by atoms with Crippen LogP contribution in [0, 0.1) is 5.41 Å². The van der Waals surface area contributed by atoms with Gasteiger partial charge in [-0.25, -0.2) is 9.67 Å². The lowest BCUT2D eigenvalue weighted by Gasteiger charge is -2.58.